The van der Waals surface area contributed by atoms with E-state index in [0.717, 1.165) is 21.9 Å². The molecule has 54 heavy (non-hydrogen) atoms. The molecule has 0 aliphatic heterocycles. The lowest BCUT2D eigenvalue weighted by molar-refractivity contribution is -0.133. The second kappa shape index (κ2) is 20.4. The zero-order valence-electron chi connectivity index (χ0n) is 31.4. The Kier molecular flexibility index (Phi) is 15.7. The van der Waals surface area contributed by atoms with Gasteiger partial charge in [-0.3, -0.25) is 14.4 Å². The first-order valence-corrected chi connectivity index (χ1v) is 18.5. The molecule has 0 spiro atoms. The Balaban J connectivity index is 1.55. The highest BCUT2D eigenvalue weighted by molar-refractivity contribution is 5.93. The molecule has 0 aliphatic carbocycles. The van der Waals surface area contributed by atoms with Crippen LogP contribution in [0.5, 0.6) is 0 Å². The van der Waals surface area contributed by atoms with E-state index in [9.17, 15) is 29.4 Å². The van der Waals surface area contributed by atoms with Crippen molar-refractivity contribution in [2.75, 3.05) is 0 Å². The number of aliphatic hydroxyl groups excluding tert-OH is 2. The molecule has 4 aromatic rings. The van der Waals surface area contributed by atoms with E-state index >= 15 is 0 Å². The minimum absolute atomic E-state index is 0.00318. The molecule has 0 saturated heterocycles. The van der Waals surface area contributed by atoms with Crippen LogP contribution < -0.4 is 21.7 Å². The number of aromatic nitrogens is 2. The van der Waals surface area contributed by atoms with Crippen LogP contribution in [0.1, 0.15) is 63.8 Å². The third-order valence-corrected chi connectivity index (χ3v) is 9.14. The Labute approximate surface area is 316 Å². The van der Waals surface area contributed by atoms with Crippen LogP contribution in [0, 0.1) is 11.8 Å². The maximum absolute atomic E-state index is 14.2. The van der Waals surface area contributed by atoms with Crippen LogP contribution in [0.15, 0.2) is 85.3 Å². The summed E-state index contributed by atoms with van der Waals surface area (Å²) in [4.78, 5) is 61.3. The number of ether oxygens (including phenoxy) is 1. The minimum Gasteiger partial charge on any atom is -0.445 e. The van der Waals surface area contributed by atoms with Gasteiger partial charge in [-0.25, -0.2) is 9.78 Å². The molecular formula is C41H54N6O7. The Morgan fingerprint density at radius 1 is 0.796 bits per heavy atom. The summed E-state index contributed by atoms with van der Waals surface area (Å²) in [6.07, 6.45) is -0.246. The number of fused-ring (bicyclic) bond motifs is 1. The summed E-state index contributed by atoms with van der Waals surface area (Å²) < 4.78 is 5.47. The number of carbonyl (C=O) groups is 4. The first kappa shape index (κ1) is 41.6. The van der Waals surface area contributed by atoms with E-state index < -0.39 is 66.5 Å². The van der Waals surface area contributed by atoms with Gasteiger partial charge in [-0.1, -0.05) is 100 Å². The lowest BCUT2D eigenvalue weighted by atomic mass is 9.91. The third-order valence-electron chi connectivity index (χ3n) is 9.14. The summed E-state index contributed by atoms with van der Waals surface area (Å²) in [5.74, 6) is -1.73. The first-order chi connectivity index (χ1) is 25.8. The molecule has 3 aromatic carbocycles. The summed E-state index contributed by atoms with van der Waals surface area (Å²) in [6, 6.07) is 18.5. The minimum atomic E-state index is -1.46. The van der Waals surface area contributed by atoms with Crippen LogP contribution in [-0.4, -0.2) is 80.2 Å². The van der Waals surface area contributed by atoms with Gasteiger partial charge in [0, 0.05) is 37.2 Å². The SMILES string of the molecule is CC(C)C[C@H](NC(=O)[C@H](Cc1cnc[nH]1)NC(=O)[C@H](Cc1cccc2ccccc12)NC(=O)OCc1ccccc1)[C@@H](O)CC(=O)C(O)[C@@H](N)CC(C)C. The number of H-pyrrole nitrogens is 1. The van der Waals surface area contributed by atoms with E-state index in [0.29, 0.717) is 18.5 Å². The van der Waals surface area contributed by atoms with E-state index in [1.807, 2.05) is 100 Å². The molecule has 0 saturated carbocycles. The standard InChI is InChI=1S/C41H54N6O7/c1-25(2)17-32(42)38(50)37(49)21-36(48)33(18-26(3)4)45-40(52)35(20-30-22-43-24-44-30)46-39(51)34(47-41(53)54-23-27-11-6-5-7-12-27)19-29-15-10-14-28-13-8-9-16-31(28)29/h5-16,22,24-26,32-36,38,48,50H,17-21,23,42H2,1-4H3,(H,43,44)(H,45,52)(H,46,51)(H,47,53)/t32-,33-,34-,35-,36-,38?/m0/s1. The quantitative estimate of drug-likeness (QED) is 0.0703. The van der Waals surface area contributed by atoms with Crippen molar-refractivity contribution in [3.05, 3.63) is 102 Å². The number of aromatic amines is 1. The van der Waals surface area contributed by atoms with E-state index in [2.05, 4.69) is 25.9 Å². The van der Waals surface area contributed by atoms with Crippen molar-refractivity contribution in [1.82, 2.24) is 25.9 Å². The number of nitrogens with two attached hydrogens (primary N) is 1. The fraction of sp³-hybridized carbons (Fsp3) is 0.439. The number of imidazole rings is 1. The summed E-state index contributed by atoms with van der Waals surface area (Å²) >= 11 is 0. The summed E-state index contributed by atoms with van der Waals surface area (Å²) in [6.45, 7) is 7.66. The molecule has 1 heterocycles. The molecule has 8 N–H and O–H groups in total. The average molecular weight is 743 g/mol. The molecule has 1 unspecified atom stereocenters. The van der Waals surface area contributed by atoms with Gasteiger partial charge in [0.2, 0.25) is 11.8 Å². The fourth-order valence-corrected chi connectivity index (χ4v) is 6.39. The molecule has 13 heteroatoms. The van der Waals surface area contributed by atoms with Crippen molar-refractivity contribution in [1.29, 1.82) is 0 Å². The number of rotatable bonds is 20. The number of nitrogens with zero attached hydrogens (tertiary/aromatic N) is 1. The van der Waals surface area contributed by atoms with Crippen molar-refractivity contribution in [2.45, 2.75) is 103 Å². The van der Waals surface area contributed by atoms with Crippen molar-refractivity contribution >= 4 is 34.5 Å². The zero-order chi connectivity index (χ0) is 39.2. The van der Waals surface area contributed by atoms with Gasteiger partial charge in [-0.05, 0) is 46.6 Å². The maximum Gasteiger partial charge on any atom is 0.408 e. The van der Waals surface area contributed by atoms with Gasteiger partial charge in [0.25, 0.3) is 0 Å². The molecule has 0 radical (unpaired) electrons. The Bertz CT molecular complexity index is 1790. The average Bonchev–Trinajstić information content (AvgIpc) is 3.66. The molecular weight excluding hydrogens is 688 g/mol. The van der Waals surface area contributed by atoms with E-state index in [4.69, 9.17) is 10.5 Å². The highest BCUT2D eigenvalue weighted by Gasteiger charge is 2.33. The molecule has 290 valence electrons. The van der Waals surface area contributed by atoms with Gasteiger partial charge in [-0.2, -0.15) is 0 Å². The van der Waals surface area contributed by atoms with Crippen LogP contribution in [0.4, 0.5) is 4.79 Å². The Morgan fingerprint density at radius 2 is 1.44 bits per heavy atom. The van der Waals surface area contributed by atoms with Gasteiger partial charge in [-0.15, -0.1) is 0 Å². The van der Waals surface area contributed by atoms with Crippen LogP contribution >= 0.6 is 0 Å². The summed E-state index contributed by atoms with van der Waals surface area (Å²) in [7, 11) is 0. The smallest absolute Gasteiger partial charge is 0.408 e. The second-order valence-electron chi connectivity index (χ2n) is 14.7. The lowest BCUT2D eigenvalue weighted by Gasteiger charge is -2.29. The van der Waals surface area contributed by atoms with Crippen LogP contribution in [0.3, 0.4) is 0 Å². The van der Waals surface area contributed by atoms with Crippen LogP contribution in [0.25, 0.3) is 10.8 Å². The summed E-state index contributed by atoms with van der Waals surface area (Å²) in [5, 5.41) is 32.0. The predicted octanol–water partition coefficient (Wildman–Crippen LogP) is 3.71. The number of nitrogens with one attached hydrogen (secondary N) is 4. The molecule has 0 fully saturated rings. The maximum atomic E-state index is 14.2. The van der Waals surface area contributed by atoms with Crippen molar-refractivity contribution in [3.8, 4) is 0 Å². The number of carbonyl (C=O) groups excluding carboxylic acids is 4. The summed E-state index contributed by atoms with van der Waals surface area (Å²) in [5.41, 5.74) is 8.17. The van der Waals surface area contributed by atoms with Gasteiger partial charge >= 0.3 is 6.09 Å². The Morgan fingerprint density at radius 3 is 2.13 bits per heavy atom. The normalized spacial score (nSPS) is 14.8. The molecule has 1 aromatic heterocycles. The van der Waals surface area contributed by atoms with E-state index in [-0.39, 0.29) is 31.3 Å². The third kappa shape index (κ3) is 12.8. The first-order valence-electron chi connectivity index (χ1n) is 18.5. The van der Waals surface area contributed by atoms with Crippen molar-refractivity contribution < 1.29 is 34.1 Å². The number of hydrogen-bond acceptors (Lipinski definition) is 9. The number of aliphatic hydroxyl groups is 2. The predicted molar refractivity (Wildman–Crippen MR) is 206 cm³/mol. The fourth-order valence-electron chi connectivity index (χ4n) is 6.39. The van der Waals surface area contributed by atoms with Crippen LogP contribution in [-0.2, 0) is 38.6 Å². The molecule has 13 nitrogen and oxygen atoms in total. The second-order valence-corrected chi connectivity index (χ2v) is 14.7. The van der Waals surface area contributed by atoms with E-state index in [1.165, 1.54) is 12.5 Å². The highest BCUT2D eigenvalue weighted by Crippen LogP contribution is 2.21. The van der Waals surface area contributed by atoms with Gasteiger partial charge in [0.1, 0.15) is 24.8 Å². The number of hydrogen-bond donors (Lipinski definition) is 7. The number of ketones is 1. The van der Waals surface area contributed by atoms with Gasteiger partial charge in [0.05, 0.1) is 18.5 Å². The molecule has 6 atom stereocenters. The van der Waals surface area contributed by atoms with Gasteiger partial charge < -0.3 is 41.6 Å². The molecule has 0 aliphatic rings. The van der Waals surface area contributed by atoms with Crippen molar-refractivity contribution in [3.63, 3.8) is 0 Å². The number of alkyl carbamates (subject to hydrolysis) is 1. The number of benzene rings is 3. The monoisotopic (exact) mass is 742 g/mol. The zero-order valence-corrected chi connectivity index (χ0v) is 31.4. The van der Waals surface area contributed by atoms with E-state index in [1.54, 1.807) is 0 Å². The topological polar surface area (TPSA) is 209 Å². The van der Waals surface area contributed by atoms with Gasteiger partial charge in [0.15, 0.2) is 5.78 Å². The largest absolute Gasteiger partial charge is 0.445 e. The number of amides is 3. The highest BCUT2D eigenvalue weighted by atomic mass is 16.5. The molecule has 0 bridgehead atoms. The molecule has 3 amide bonds. The molecule has 4 rings (SSSR count). The number of Topliss-reactive ketones (excluding diaryl/α,β-unsaturated/α-hetero) is 1. The van der Waals surface area contributed by atoms with Crippen molar-refractivity contribution in [2.24, 2.45) is 17.6 Å². The lowest BCUT2D eigenvalue weighted by Crippen LogP contribution is -2.57. The van der Waals surface area contributed by atoms with Crippen LogP contribution in [0.2, 0.25) is 0 Å². The Hall–Kier alpha value is -5.11.